The van der Waals surface area contributed by atoms with E-state index in [2.05, 4.69) is 10.4 Å². The van der Waals surface area contributed by atoms with Gasteiger partial charge in [0.2, 0.25) is 11.8 Å². The van der Waals surface area contributed by atoms with Gasteiger partial charge in [0.05, 0.1) is 30.1 Å². The molecule has 0 fully saturated rings. The van der Waals surface area contributed by atoms with Crippen LogP contribution in [0.3, 0.4) is 0 Å². The molecule has 0 spiro atoms. The van der Waals surface area contributed by atoms with Crippen LogP contribution in [0.25, 0.3) is 23.0 Å². The minimum atomic E-state index is -0.470. The lowest BCUT2D eigenvalue weighted by Crippen LogP contribution is -2.15. The summed E-state index contributed by atoms with van der Waals surface area (Å²) in [4.78, 5) is 23.6. The number of amides is 2. The standard InChI is InChI=1S/C27H23FN4O3/c28-21-13-10-19(11-14-21)27-20(18-32(31-27)22-6-2-1-3-7-22)12-15-26(34)30-23-8-4-5-9-24(23)35-17-16-25(29)33/h1-15,18H,16-17H2,(H2,29,33)(H,30,34)/b15-12+. The number of halogens is 1. The average molecular weight is 471 g/mol. The Kier molecular flexibility index (Phi) is 7.32. The van der Waals surface area contributed by atoms with E-state index >= 15 is 0 Å². The molecule has 0 aliphatic rings. The number of hydrogen-bond donors (Lipinski definition) is 2. The summed E-state index contributed by atoms with van der Waals surface area (Å²) < 4.78 is 20.7. The van der Waals surface area contributed by atoms with Crippen LogP contribution in [0, 0.1) is 5.82 Å². The number of rotatable bonds is 9. The third-order valence-electron chi connectivity index (χ3n) is 5.05. The van der Waals surface area contributed by atoms with Gasteiger partial charge in [-0.2, -0.15) is 5.10 Å². The quantitative estimate of drug-likeness (QED) is 0.350. The molecule has 3 aromatic carbocycles. The van der Waals surface area contributed by atoms with E-state index in [1.165, 1.54) is 18.2 Å². The fraction of sp³-hybridized carbons (Fsp3) is 0.0741. The number of para-hydroxylation sites is 3. The number of carbonyl (C=O) groups excluding carboxylic acids is 2. The molecule has 4 rings (SSSR count). The average Bonchev–Trinajstić information content (AvgIpc) is 3.29. The minimum Gasteiger partial charge on any atom is -0.491 e. The van der Waals surface area contributed by atoms with E-state index in [4.69, 9.17) is 10.5 Å². The van der Waals surface area contributed by atoms with Crippen molar-refractivity contribution in [2.45, 2.75) is 6.42 Å². The second-order valence-corrected chi connectivity index (χ2v) is 7.60. The zero-order chi connectivity index (χ0) is 24.6. The molecule has 4 aromatic rings. The van der Waals surface area contributed by atoms with E-state index in [-0.39, 0.29) is 24.8 Å². The molecule has 0 radical (unpaired) electrons. The fourth-order valence-corrected chi connectivity index (χ4v) is 3.35. The first-order valence-electron chi connectivity index (χ1n) is 10.9. The Hall–Kier alpha value is -4.72. The van der Waals surface area contributed by atoms with Gasteiger partial charge in [-0.25, -0.2) is 9.07 Å². The van der Waals surface area contributed by atoms with Crippen molar-refractivity contribution in [2.24, 2.45) is 5.73 Å². The van der Waals surface area contributed by atoms with Gasteiger partial charge in [-0.15, -0.1) is 0 Å². The molecule has 1 aromatic heterocycles. The number of nitrogens with two attached hydrogens (primary N) is 1. The van der Waals surface area contributed by atoms with Gasteiger partial charge in [-0.3, -0.25) is 9.59 Å². The summed E-state index contributed by atoms with van der Waals surface area (Å²) in [5.74, 6) is -0.764. The molecular weight excluding hydrogens is 447 g/mol. The van der Waals surface area contributed by atoms with Crippen LogP contribution in [0.5, 0.6) is 5.75 Å². The summed E-state index contributed by atoms with van der Waals surface area (Å²) in [6.45, 7) is 0.109. The summed E-state index contributed by atoms with van der Waals surface area (Å²) in [5, 5.41) is 7.44. The van der Waals surface area contributed by atoms with Crippen LogP contribution in [0.4, 0.5) is 10.1 Å². The fourth-order valence-electron chi connectivity index (χ4n) is 3.35. The molecule has 35 heavy (non-hydrogen) atoms. The van der Waals surface area contributed by atoms with Gasteiger partial charge in [0.15, 0.2) is 0 Å². The molecule has 0 bridgehead atoms. The molecule has 0 atom stereocenters. The van der Waals surface area contributed by atoms with Crippen LogP contribution >= 0.6 is 0 Å². The van der Waals surface area contributed by atoms with Crippen molar-refractivity contribution in [3.05, 3.63) is 103 Å². The van der Waals surface area contributed by atoms with Crippen LogP contribution in [-0.4, -0.2) is 28.2 Å². The molecule has 0 saturated carbocycles. The first-order valence-corrected chi connectivity index (χ1v) is 10.9. The SMILES string of the molecule is NC(=O)CCOc1ccccc1NC(=O)/C=C/c1cn(-c2ccccc2)nc1-c1ccc(F)cc1. The Morgan fingerprint density at radius 1 is 1.00 bits per heavy atom. The smallest absolute Gasteiger partial charge is 0.248 e. The van der Waals surface area contributed by atoms with Crippen molar-refractivity contribution in [3.63, 3.8) is 0 Å². The van der Waals surface area contributed by atoms with Gasteiger partial charge >= 0.3 is 0 Å². The number of nitrogens with one attached hydrogen (secondary N) is 1. The lowest BCUT2D eigenvalue weighted by atomic mass is 10.1. The first-order chi connectivity index (χ1) is 17.0. The van der Waals surface area contributed by atoms with Crippen molar-refractivity contribution in [1.29, 1.82) is 0 Å². The third-order valence-corrected chi connectivity index (χ3v) is 5.05. The largest absolute Gasteiger partial charge is 0.491 e. The molecule has 0 unspecified atom stereocenters. The first kappa shape index (κ1) is 23.4. The molecule has 7 nitrogen and oxygen atoms in total. The Balaban J connectivity index is 1.56. The number of aromatic nitrogens is 2. The maximum absolute atomic E-state index is 13.5. The van der Waals surface area contributed by atoms with Gasteiger partial charge in [0.1, 0.15) is 11.6 Å². The topological polar surface area (TPSA) is 99.2 Å². The number of hydrogen-bond acceptors (Lipinski definition) is 4. The molecule has 1 heterocycles. The van der Waals surface area contributed by atoms with Crippen LogP contribution < -0.4 is 15.8 Å². The normalized spacial score (nSPS) is 10.9. The highest BCUT2D eigenvalue weighted by molar-refractivity contribution is 6.03. The highest BCUT2D eigenvalue weighted by Gasteiger charge is 2.12. The molecule has 8 heteroatoms. The Labute approximate surface area is 201 Å². The van der Waals surface area contributed by atoms with E-state index in [1.807, 2.05) is 30.3 Å². The minimum absolute atomic E-state index is 0.0692. The van der Waals surface area contributed by atoms with E-state index < -0.39 is 5.91 Å². The summed E-state index contributed by atoms with van der Waals surface area (Å²) in [6, 6.07) is 22.5. The van der Waals surface area contributed by atoms with E-state index in [0.29, 0.717) is 28.3 Å². The third kappa shape index (κ3) is 6.20. The summed E-state index contributed by atoms with van der Waals surface area (Å²) in [6.07, 6.45) is 4.91. The highest BCUT2D eigenvalue weighted by atomic mass is 19.1. The Morgan fingerprint density at radius 2 is 1.71 bits per heavy atom. The number of anilines is 1. The predicted molar refractivity (Wildman–Crippen MR) is 132 cm³/mol. The van der Waals surface area contributed by atoms with Gasteiger partial charge < -0.3 is 15.8 Å². The number of ether oxygens (including phenoxy) is 1. The molecule has 2 amide bonds. The summed E-state index contributed by atoms with van der Waals surface area (Å²) >= 11 is 0. The van der Waals surface area contributed by atoms with E-state index in [9.17, 15) is 14.0 Å². The highest BCUT2D eigenvalue weighted by Crippen LogP contribution is 2.26. The maximum Gasteiger partial charge on any atom is 0.248 e. The second kappa shape index (κ2) is 10.9. The van der Waals surface area contributed by atoms with Crippen molar-refractivity contribution < 1.29 is 18.7 Å². The van der Waals surface area contributed by atoms with E-state index in [0.717, 1.165) is 5.69 Å². The monoisotopic (exact) mass is 470 g/mol. The van der Waals surface area contributed by atoms with Crippen LogP contribution in [0.15, 0.2) is 91.1 Å². The molecule has 176 valence electrons. The molecule has 0 aliphatic heterocycles. The Bertz CT molecular complexity index is 1350. The van der Waals surface area contributed by atoms with Gasteiger partial charge in [-0.05, 0) is 54.6 Å². The van der Waals surface area contributed by atoms with Crippen molar-refractivity contribution in [2.75, 3.05) is 11.9 Å². The number of benzene rings is 3. The molecule has 0 saturated heterocycles. The second-order valence-electron chi connectivity index (χ2n) is 7.60. The van der Waals surface area contributed by atoms with E-state index in [1.54, 1.807) is 53.4 Å². The number of primary amides is 1. The van der Waals surface area contributed by atoms with Gasteiger partial charge in [-0.1, -0.05) is 30.3 Å². The van der Waals surface area contributed by atoms with Crippen molar-refractivity contribution in [1.82, 2.24) is 9.78 Å². The van der Waals surface area contributed by atoms with Crippen molar-refractivity contribution >= 4 is 23.6 Å². The predicted octanol–water partition coefficient (Wildman–Crippen LogP) is 4.58. The van der Waals surface area contributed by atoms with Crippen LogP contribution in [-0.2, 0) is 9.59 Å². The molecular formula is C27H23FN4O3. The lowest BCUT2D eigenvalue weighted by Gasteiger charge is -2.10. The number of nitrogens with zero attached hydrogens (tertiary/aromatic N) is 2. The maximum atomic E-state index is 13.5. The molecule has 0 aliphatic carbocycles. The summed E-state index contributed by atoms with van der Waals surface area (Å²) in [5.41, 5.74) is 8.46. The van der Waals surface area contributed by atoms with Gasteiger partial charge in [0.25, 0.3) is 0 Å². The van der Waals surface area contributed by atoms with Crippen LogP contribution in [0.1, 0.15) is 12.0 Å². The number of carbonyl (C=O) groups is 2. The van der Waals surface area contributed by atoms with Gasteiger partial charge in [0, 0.05) is 23.4 Å². The summed E-state index contributed by atoms with van der Waals surface area (Å²) in [7, 11) is 0. The molecule has 3 N–H and O–H groups in total. The Morgan fingerprint density at radius 3 is 2.46 bits per heavy atom. The lowest BCUT2D eigenvalue weighted by molar-refractivity contribution is -0.118. The zero-order valence-electron chi connectivity index (χ0n) is 18.7. The zero-order valence-corrected chi connectivity index (χ0v) is 18.7. The van der Waals surface area contributed by atoms with Crippen molar-refractivity contribution in [3.8, 4) is 22.7 Å². The van der Waals surface area contributed by atoms with Crippen LogP contribution in [0.2, 0.25) is 0 Å².